The van der Waals surface area contributed by atoms with E-state index in [2.05, 4.69) is 11.1 Å². The van der Waals surface area contributed by atoms with Gasteiger partial charge in [0.1, 0.15) is 5.41 Å². The predicted molar refractivity (Wildman–Crippen MR) is 51.2 cm³/mol. The van der Waals surface area contributed by atoms with E-state index in [-0.39, 0.29) is 5.41 Å². The molecule has 70 valence electrons. The molecule has 0 spiro atoms. The Labute approximate surface area is 78.7 Å². The van der Waals surface area contributed by atoms with Gasteiger partial charge in [0.15, 0.2) is 0 Å². The number of nitrogens with zero attached hydrogens (tertiary/aromatic N) is 1. The number of hydrogen-bond donors (Lipinski definition) is 0. The molecule has 2 heteroatoms. The summed E-state index contributed by atoms with van der Waals surface area (Å²) in [5.74, 6) is 2.67. The second-order valence-corrected chi connectivity index (χ2v) is 5.40. The summed E-state index contributed by atoms with van der Waals surface area (Å²) in [5.41, 5.74) is 0.122. The van der Waals surface area contributed by atoms with Gasteiger partial charge in [-0.05, 0) is 56.3 Å². The van der Waals surface area contributed by atoms with Crippen molar-refractivity contribution in [2.75, 3.05) is 0 Å². The van der Waals surface area contributed by atoms with Gasteiger partial charge in [0.25, 0.3) is 0 Å². The average Bonchev–Trinajstić information content (AvgIpc) is 2.00. The molecule has 0 aromatic rings. The van der Waals surface area contributed by atoms with E-state index >= 15 is 0 Å². The maximum absolute atomic E-state index is 10.3. The molecule has 13 heavy (non-hydrogen) atoms. The van der Waals surface area contributed by atoms with Crippen molar-refractivity contribution in [1.82, 2.24) is 0 Å². The summed E-state index contributed by atoms with van der Waals surface area (Å²) in [5, 5.41) is 13.3. The Kier molecular flexibility index (Phi) is 1.42. The van der Waals surface area contributed by atoms with Crippen LogP contribution in [0.4, 0.5) is 0 Å². The molecule has 4 bridgehead atoms. The molecule has 0 atom stereocenters. The highest BCUT2D eigenvalue weighted by atomic mass is 16.4. The first-order valence-electron chi connectivity index (χ1n) is 5.39. The van der Waals surface area contributed by atoms with Crippen LogP contribution in [0.2, 0.25) is 0 Å². The molecule has 4 saturated carbocycles. The van der Waals surface area contributed by atoms with E-state index in [9.17, 15) is 5.21 Å². The Bertz CT molecular complexity index is 251. The van der Waals surface area contributed by atoms with Crippen LogP contribution < -0.4 is 0 Å². The average molecular weight is 177 g/mol. The first kappa shape index (κ1) is 7.67. The van der Waals surface area contributed by atoms with E-state index in [1.165, 1.54) is 38.5 Å². The summed E-state index contributed by atoms with van der Waals surface area (Å²) in [7, 11) is 0. The fraction of sp³-hybridized carbons (Fsp3) is 0.909. The van der Waals surface area contributed by atoms with Crippen molar-refractivity contribution in [1.29, 1.82) is 0 Å². The molecule has 0 radical (unpaired) electrons. The minimum atomic E-state index is 0.122. The molecule has 2 nitrogen and oxygen atoms in total. The summed E-state index contributed by atoms with van der Waals surface area (Å²) < 4.78 is 0. The predicted octanol–water partition coefficient (Wildman–Crippen LogP) is 3.03. The third-order valence-corrected chi connectivity index (χ3v) is 4.32. The summed E-state index contributed by atoms with van der Waals surface area (Å²) in [4.78, 5) is 0. The van der Waals surface area contributed by atoms with E-state index in [0.717, 1.165) is 17.8 Å². The second-order valence-electron chi connectivity index (χ2n) is 5.40. The molecule has 0 unspecified atom stereocenters. The van der Waals surface area contributed by atoms with E-state index in [4.69, 9.17) is 0 Å². The topological polar surface area (TPSA) is 27.4 Å². The second kappa shape index (κ2) is 2.41. The summed E-state index contributed by atoms with van der Waals surface area (Å²) >= 11 is 0. The van der Waals surface area contributed by atoms with Crippen LogP contribution in [0.5, 0.6) is 0 Å². The van der Waals surface area contributed by atoms with Crippen molar-refractivity contribution in [3.63, 3.8) is 0 Å². The highest BCUT2D eigenvalue weighted by Gasteiger charge is 2.53. The highest BCUT2D eigenvalue weighted by molar-refractivity contribution is 5.14. The first-order chi connectivity index (χ1) is 6.30. The van der Waals surface area contributed by atoms with Gasteiger partial charge in [-0.1, -0.05) is 0 Å². The summed E-state index contributed by atoms with van der Waals surface area (Å²) in [6.07, 6.45) is 7.85. The third-order valence-electron chi connectivity index (χ3n) is 4.32. The maximum Gasteiger partial charge on any atom is 0.305 e. The van der Waals surface area contributed by atoms with Crippen LogP contribution in [-0.4, -0.2) is 0 Å². The van der Waals surface area contributed by atoms with Gasteiger partial charge in [-0.2, -0.15) is 0 Å². The van der Waals surface area contributed by atoms with Gasteiger partial charge in [-0.25, -0.2) is 0 Å². The minimum Gasteiger partial charge on any atom is -0.498 e. The quantitative estimate of drug-likeness (QED) is 0.522. The van der Waals surface area contributed by atoms with Gasteiger partial charge in [0.2, 0.25) is 0 Å². The van der Waals surface area contributed by atoms with Crippen molar-refractivity contribution in [3.05, 3.63) is 10.2 Å². The van der Waals surface area contributed by atoms with Crippen LogP contribution in [0, 0.1) is 34.4 Å². The molecule has 0 N–H and O–H groups in total. The Morgan fingerprint density at radius 2 is 1.46 bits per heavy atom. The Balaban J connectivity index is 1.94. The standard InChI is InChI=1S/C11H15NO/c13-12-7-11-4-8-1-9(5-11)3-10(2-8)6-11/h8-10H,1-6H2. The van der Waals surface area contributed by atoms with E-state index in [0.29, 0.717) is 0 Å². The summed E-state index contributed by atoms with van der Waals surface area (Å²) in [6, 6.07) is 2.86. The van der Waals surface area contributed by atoms with Crippen LogP contribution in [0.15, 0.2) is 0 Å². The van der Waals surface area contributed by atoms with E-state index < -0.39 is 0 Å². The zero-order chi connectivity index (χ0) is 8.89. The molecule has 0 heterocycles. The number of rotatable bonds is 0. The maximum atomic E-state index is 10.3. The SMILES string of the molecule is [O-][N+]#CC12CC3CC(CC(C3)C1)C2. The molecule has 0 amide bonds. The lowest BCUT2D eigenvalue weighted by molar-refractivity contribution is -0.0183. The zero-order valence-corrected chi connectivity index (χ0v) is 7.83. The lowest BCUT2D eigenvalue weighted by Crippen LogP contribution is -2.45. The molecule has 0 saturated heterocycles. The van der Waals surface area contributed by atoms with Crippen molar-refractivity contribution >= 4 is 0 Å². The molecule has 0 aromatic heterocycles. The van der Waals surface area contributed by atoms with Crippen LogP contribution in [-0.2, 0) is 0 Å². The van der Waals surface area contributed by atoms with Gasteiger partial charge in [-0.3, -0.25) is 0 Å². The largest absolute Gasteiger partial charge is 0.498 e. The Morgan fingerprint density at radius 3 is 1.85 bits per heavy atom. The molecule has 0 aliphatic heterocycles. The van der Waals surface area contributed by atoms with Gasteiger partial charge in [-0.15, -0.1) is 0 Å². The van der Waals surface area contributed by atoms with Crippen molar-refractivity contribution in [2.24, 2.45) is 23.2 Å². The smallest absolute Gasteiger partial charge is 0.305 e. The Hall–Kier alpha value is -0.710. The molecule has 4 aliphatic rings. The summed E-state index contributed by atoms with van der Waals surface area (Å²) in [6.45, 7) is 0. The fourth-order valence-electron chi connectivity index (χ4n) is 4.34. The van der Waals surface area contributed by atoms with Gasteiger partial charge >= 0.3 is 6.07 Å². The van der Waals surface area contributed by atoms with Gasteiger partial charge in [0.05, 0.1) is 0 Å². The van der Waals surface area contributed by atoms with Crippen molar-refractivity contribution in [3.8, 4) is 6.07 Å². The monoisotopic (exact) mass is 177 g/mol. The lowest BCUT2D eigenvalue weighted by Gasteiger charge is -2.52. The molecular weight excluding hydrogens is 162 g/mol. The molecule has 4 rings (SSSR count). The number of hydrogen-bond acceptors (Lipinski definition) is 1. The minimum absolute atomic E-state index is 0.122. The van der Waals surface area contributed by atoms with Crippen LogP contribution in [0.1, 0.15) is 38.5 Å². The van der Waals surface area contributed by atoms with Crippen molar-refractivity contribution in [2.45, 2.75) is 38.5 Å². The van der Waals surface area contributed by atoms with Crippen LogP contribution in [0.25, 0.3) is 5.01 Å². The fourth-order valence-corrected chi connectivity index (χ4v) is 4.34. The third kappa shape index (κ3) is 1.06. The first-order valence-corrected chi connectivity index (χ1v) is 5.39. The normalized spacial score (nSPS) is 51.5. The molecule has 0 aromatic carbocycles. The molecule has 4 fully saturated rings. The van der Waals surface area contributed by atoms with Gasteiger partial charge < -0.3 is 5.21 Å². The van der Waals surface area contributed by atoms with E-state index in [1.807, 2.05) is 0 Å². The lowest BCUT2D eigenvalue weighted by atomic mass is 9.50. The Morgan fingerprint density at radius 1 is 1.00 bits per heavy atom. The molecular formula is C11H15NO. The van der Waals surface area contributed by atoms with E-state index in [1.54, 1.807) is 0 Å². The highest BCUT2D eigenvalue weighted by Crippen LogP contribution is 2.59. The van der Waals surface area contributed by atoms with Crippen LogP contribution in [0.3, 0.4) is 0 Å². The molecule has 4 aliphatic carbocycles. The van der Waals surface area contributed by atoms with Gasteiger partial charge in [0, 0.05) is 5.01 Å². The zero-order valence-electron chi connectivity index (χ0n) is 7.83. The van der Waals surface area contributed by atoms with Crippen molar-refractivity contribution < 1.29 is 0 Å². The van der Waals surface area contributed by atoms with Crippen LogP contribution >= 0.6 is 0 Å².